The van der Waals surface area contributed by atoms with Crippen molar-refractivity contribution >= 4 is 28.6 Å². The number of benzene rings is 1. The maximum Gasteiger partial charge on any atom is 0.245 e. The predicted molar refractivity (Wildman–Crippen MR) is 106 cm³/mol. The number of aryl methyl sites for hydroxylation is 1. The van der Waals surface area contributed by atoms with Crippen molar-refractivity contribution in [3.63, 3.8) is 0 Å². The molecule has 0 amide bonds. The third-order valence-corrected chi connectivity index (χ3v) is 6.96. The van der Waals surface area contributed by atoms with Gasteiger partial charge in [-0.1, -0.05) is 17.7 Å². The summed E-state index contributed by atoms with van der Waals surface area (Å²) in [5.74, 6) is 4.81. The fraction of sp³-hybridized carbons (Fsp3) is 0.524. The lowest BCUT2D eigenvalue weighted by atomic mass is 9.54. The molecule has 144 valence electrons. The highest BCUT2D eigenvalue weighted by molar-refractivity contribution is 5.76. The molecular weight excluding hydrogens is 352 g/mol. The van der Waals surface area contributed by atoms with Crippen LogP contribution in [0.15, 0.2) is 28.9 Å². The molecule has 0 aliphatic heterocycles. The van der Waals surface area contributed by atoms with Crippen molar-refractivity contribution < 1.29 is 4.63 Å². The summed E-state index contributed by atoms with van der Waals surface area (Å²) in [6.07, 6.45) is 6.87. The van der Waals surface area contributed by atoms with Crippen LogP contribution in [-0.2, 0) is 0 Å². The van der Waals surface area contributed by atoms with E-state index in [9.17, 15) is 0 Å². The second kappa shape index (κ2) is 6.15. The summed E-state index contributed by atoms with van der Waals surface area (Å²) < 4.78 is 4.84. The number of nitrogens with one attached hydrogen (secondary N) is 2. The van der Waals surface area contributed by atoms with Crippen LogP contribution in [0.5, 0.6) is 0 Å². The Morgan fingerprint density at radius 1 is 0.821 bits per heavy atom. The highest BCUT2D eigenvalue weighted by atomic mass is 16.6. The summed E-state index contributed by atoms with van der Waals surface area (Å²) in [4.78, 5) is 9.33. The van der Waals surface area contributed by atoms with Gasteiger partial charge in [-0.3, -0.25) is 0 Å². The molecule has 0 spiro atoms. The van der Waals surface area contributed by atoms with Crippen LogP contribution >= 0.6 is 0 Å². The Kier molecular flexibility index (Phi) is 3.58. The summed E-state index contributed by atoms with van der Waals surface area (Å²) in [5.41, 5.74) is 3.06. The zero-order valence-electron chi connectivity index (χ0n) is 15.9. The lowest BCUT2D eigenvalue weighted by Gasteiger charge is -2.54. The second-order valence-electron chi connectivity index (χ2n) is 8.92. The van der Waals surface area contributed by atoms with Gasteiger partial charge in [0.05, 0.1) is 0 Å². The number of anilines is 3. The molecule has 4 fully saturated rings. The van der Waals surface area contributed by atoms with Crippen LogP contribution in [0, 0.1) is 30.6 Å². The molecule has 2 N–H and O–H groups in total. The van der Waals surface area contributed by atoms with Crippen molar-refractivity contribution in [3.8, 4) is 0 Å². The molecule has 7 nitrogen and oxygen atoms in total. The highest BCUT2D eigenvalue weighted by Gasteiger charge is 2.48. The molecule has 4 saturated carbocycles. The van der Waals surface area contributed by atoms with E-state index < -0.39 is 0 Å². The van der Waals surface area contributed by atoms with E-state index in [1.807, 2.05) is 0 Å². The maximum absolute atomic E-state index is 4.84. The molecular formula is C21H24N6O. The van der Waals surface area contributed by atoms with Gasteiger partial charge in [-0.15, -0.1) is 0 Å². The zero-order valence-corrected chi connectivity index (χ0v) is 15.9. The molecule has 7 heteroatoms. The SMILES string of the molecule is Cc1ccc(Nc2nc3nonc3nc2NC2C3CC4CC(C3)CC2C4)cc1. The second-order valence-corrected chi connectivity index (χ2v) is 8.92. The van der Waals surface area contributed by atoms with Gasteiger partial charge in [-0.2, -0.15) is 0 Å². The van der Waals surface area contributed by atoms with Crippen LogP contribution in [0.3, 0.4) is 0 Å². The number of nitrogens with zero attached hydrogens (tertiary/aromatic N) is 4. The average Bonchev–Trinajstić information content (AvgIpc) is 3.13. The van der Waals surface area contributed by atoms with Crippen LogP contribution < -0.4 is 10.6 Å². The van der Waals surface area contributed by atoms with E-state index in [2.05, 4.69) is 57.1 Å². The Morgan fingerprint density at radius 2 is 1.43 bits per heavy atom. The Bertz CT molecular complexity index is 985. The third kappa shape index (κ3) is 2.72. The molecule has 4 aliphatic carbocycles. The first kappa shape index (κ1) is 16.3. The number of hydrogen-bond donors (Lipinski definition) is 2. The van der Waals surface area contributed by atoms with Crippen LogP contribution in [-0.4, -0.2) is 26.3 Å². The van der Waals surface area contributed by atoms with Crippen molar-refractivity contribution in [2.75, 3.05) is 10.6 Å². The van der Waals surface area contributed by atoms with E-state index in [1.165, 1.54) is 37.7 Å². The first-order valence-corrected chi connectivity index (χ1v) is 10.3. The van der Waals surface area contributed by atoms with Crippen molar-refractivity contribution in [2.24, 2.45) is 23.7 Å². The first-order chi connectivity index (χ1) is 13.7. The standard InChI is InChI=1S/C21H24N6O/c1-11-2-4-16(5-3-11)22-18-19(25-21-20(24-18)26-28-27-21)23-17-14-7-12-6-13(9-14)10-15(17)8-12/h2-5,12-15,17H,6-10H2,1H3,(H,22,24,26)(H,23,25,27). The smallest absolute Gasteiger partial charge is 0.245 e. The van der Waals surface area contributed by atoms with Crippen LogP contribution in [0.4, 0.5) is 17.3 Å². The fourth-order valence-electron chi connectivity index (χ4n) is 5.92. The van der Waals surface area contributed by atoms with E-state index in [0.717, 1.165) is 35.2 Å². The first-order valence-electron chi connectivity index (χ1n) is 10.3. The van der Waals surface area contributed by atoms with Gasteiger partial charge in [-0.05, 0) is 85.1 Å². The molecule has 1 aromatic carbocycles. The monoisotopic (exact) mass is 376 g/mol. The van der Waals surface area contributed by atoms with Gasteiger partial charge in [0.25, 0.3) is 0 Å². The fourth-order valence-corrected chi connectivity index (χ4v) is 5.92. The minimum absolute atomic E-state index is 0.422. The summed E-state index contributed by atoms with van der Waals surface area (Å²) in [6, 6.07) is 8.73. The van der Waals surface area contributed by atoms with Crippen LogP contribution in [0.1, 0.15) is 37.7 Å². The Morgan fingerprint density at radius 3 is 2.07 bits per heavy atom. The molecule has 2 heterocycles. The van der Waals surface area contributed by atoms with E-state index in [0.29, 0.717) is 23.2 Å². The molecule has 7 rings (SSSR count). The molecule has 0 radical (unpaired) electrons. The Labute approximate surface area is 163 Å². The van der Waals surface area contributed by atoms with Gasteiger partial charge < -0.3 is 10.6 Å². The molecule has 0 saturated heterocycles. The highest BCUT2D eigenvalue weighted by Crippen LogP contribution is 2.54. The number of hydrogen-bond acceptors (Lipinski definition) is 7. The van der Waals surface area contributed by atoms with E-state index in [4.69, 9.17) is 9.61 Å². The molecule has 28 heavy (non-hydrogen) atoms. The summed E-state index contributed by atoms with van der Waals surface area (Å²) in [6.45, 7) is 2.08. The van der Waals surface area contributed by atoms with Gasteiger partial charge in [0.1, 0.15) is 0 Å². The zero-order chi connectivity index (χ0) is 18.7. The van der Waals surface area contributed by atoms with Crippen molar-refractivity contribution in [1.29, 1.82) is 0 Å². The van der Waals surface area contributed by atoms with Crippen LogP contribution in [0.2, 0.25) is 0 Å². The van der Waals surface area contributed by atoms with Crippen molar-refractivity contribution in [1.82, 2.24) is 20.3 Å². The predicted octanol–water partition coefficient (Wildman–Crippen LogP) is 4.30. The Hall–Kier alpha value is -2.70. The summed E-state index contributed by atoms with van der Waals surface area (Å²) in [5, 5.41) is 14.9. The molecule has 4 aliphatic rings. The quantitative estimate of drug-likeness (QED) is 0.701. The largest absolute Gasteiger partial charge is 0.364 e. The van der Waals surface area contributed by atoms with Gasteiger partial charge >= 0.3 is 0 Å². The minimum Gasteiger partial charge on any atom is -0.364 e. The topological polar surface area (TPSA) is 88.8 Å². The minimum atomic E-state index is 0.422. The van der Waals surface area contributed by atoms with Gasteiger partial charge in [0.15, 0.2) is 11.6 Å². The number of rotatable bonds is 4. The van der Waals surface area contributed by atoms with Gasteiger partial charge in [0, 0.05) is 11.7 Å². The Balaban J connectivity index is 1.34. The van der Waals surface area contributed by atoms with E-state index in [-0.39, 0.29) is 0 Å². The lowest BCUT2D eigenvalue weighted by Crippen LogP contribution is -2.51. The van der Waals surface area contributed by atoms with Crippen molar-refractivity contribution in [2.45, 2.75) is 45.1 Å². The molecule has 0 atom stereocenters. The lowest BCUT2D eigenvalue weighted by molar-refractivity contribution is 0.00744. The van der Waals surface area contributed by atoms with E-state index >= 15 is 0 Å². The normalized spacial score (nSPS) is 30.7. The van der Waals surface area contributed by atoms with Gasteiger partial charge in [0.2, 0.25) is 11.3 Å². The van der Waals surface area contributed by atoms with Crippen LogP contribution in [0.25, 0.3) is 11.3 Å². The molecule has 3 aromatic rings. The molecule has 4 bridgehead atoms. The third-order valence-electron chi connectivity index (χ3n) is 6.96. The van der Waals surface area contributed by atoms with E-state index in [1.54, 1.807) is 0 Å². The van der Waals surface area contributed by atoms with Gasteiger partial charge in [-0.25, -0.2) is 14.6 Å². The number of fused-ring (bicyclic) bond motifs is 1. The molecule has 2 aromatic heterocycles. The van der Waals surface area contributed by atoms with Crippen molar-refractivity contribution in [3.05, 3.63) is 29.8 Å². The maximum atomic E-state index is 4.84. The average molecular weight is 376 g/mol. The number of aromatic nitrogens is 4. The summed E-state index contributed by atoms with van der Waals surface area (Å²) >= 11 is 0. The summed E-state index contributed by atoms with van der Waals surface area (Å²) in [7, 11) is 0. The molecule has 0 unspecified atom stereocenters.